The van der Waals surface area contributed by atoms with Crippen molar-refractivity contribution < 1.29 is 9.72 Å². The van der Waals surface area contributed by atoms with Crippen LogP contribution in [-0.2, 0) is 0 Å². The summed E-state index contributed by atoms with van der Waals surface area (Å²) in [4.78, 5) is 22.6. The smallest absolute Gasteiger partial charge is 0.294 e. The Bertz CT molecular complexity index is 845. The van der Waals surface area contributed by atoms with Crippen molar-refractivity contribution in [1.82, 2.24) is 5.32 Å². The van der Waals surface area contributed by atoms with Gasteiger partial charge in [0.15, 0.2) is 5.11 Å². The second-order valence-corrected chi connectivity index (χ2v) is 6.80. The Balaban J connectivity index is 2.12. The highest BCUT2D eigenvalue weighted by molar-refractivity contribution is 14.1. The number of nitrogens with zero attached hydrogens (tertiary/aromatic N) is 1. The van der Waals surface area contributed by atoms with Crippen LogP contribution in [0.5, 0.6) is 0 Å². The number of rotatable bonds is 3. The molecule has 0 saturated carbocycles. The number of nitro benzene ring substituents is 1. The van der Waals surface area contributed by atoms with Gasteiger partial charge in [0, 0.05) is 20.2 Å². The molecule has 0 unspecified atom stereocenters. The molecule has 9 heteroatoms. The summed E-state index contributed by atoms with van der Waals surface area (Å²) in [6.45, 7) is 1.94. The van der Waals surface area contributed by atoms with Crippen LogP contribution in [0.3, 0.4) is 0 Å². The molecular formula is C15H11ClIN3O3S. The van der Waals surface area contributed by atoms with E-state index in [9.17, 15) is 14.9 Å². The second kappa shape index (κ2) is 7.86. The molecular weight excluding hydrogens is 465 g/mol. The van der Waals surface area contributed by atoms with Crippen LogP contribution < -0.4 is 10.6 Å². The van der Waals surface area contributed by atoms with Gasteiger partial charge in [0.25, 0.3) is 11.6 Å². The summed E-state index contributed by atoms with van der Waals surface area (Å²) in [6.07, 6.45) is 0. The summed E-state index contributed by atoms with van der Waals surface area (Å²) >= 11 is 12.9. The van der Waals surface area contributed by atoms with Crippen molar-refractivity contribution in [2.75, 3.05) is 5.32 Å². The van der Waals surface area contributed by atoms with Crippen molar-refractivity contribution >= 4 is 68.8 Å². The topological polar surface area (TPSA) is 84.3 Å². The van der Waals surface area contributed by atoms with Gasteiger partial charge in [-0.3, -0.25) is 20.2 Å². The summed E-state index contributed by atoms with van der Waals surface area (Å²) in [6, 6.07) is 9.37. The number of hydrogen-bond donors (Lipinski definition) is 2. The van der Waals surface area contributed by atoms with Crippen molar-refractivity contribution in [3.8, 4) is 0 Å². The molecule has 1 amide bonds. The fraction of sp³-hybridized carbons (Fsp3) is 0.0667. The number of nitro groups is 1. The Kier molecular flexibility index (Phi) is 6.08. The van der Waals surface area contributed by atoms with Gasteiger partial charge in [0.2, 0.25) is 0 Å². The van der Waals surface area contributed by atoms with Crippen LogP contribution >= 0.6 is 46.4 Å². The summed E-state index contributed by atoms with van der Waals surface area (Å²) in [5, 5.41) is 16.4. The number of aryl methyl sites for hydroxylation is 1. The molecule has 6 nitrogen and oxygen atoms in total. The van der Waals surface area contributed by atoms with Gasteiger partial charge in [-0.05, 0) is 71.6 Å². The third kappa shape index (κ3) is 4.62. The largest absolute Gasteiger partial charge is 0.327 e. The van der Waals surface area contributed by atoms with E-state index in [0.717, 1.165) is 9.13 Å². The van der Waals surface area contributed by atoms with Crippen LogP contribution in [0.4, 0.5) is 11.4 Å². The van der Waals surface area contributed by atoms with Crippen LogP contribution in [0, 0.1) is 20.6 Å². The highest BCUT2D eigenvalue weighted by Crippen LogP contribution is 2.27. The minimum absolute atomic E-state index is 0.0407. The number of carbonyl (C=O) groups is 1. The maximum Gasteiger partial charge on any atom is 0.294 e. The predicted octanol–water partition coefficient (Wildman–Crippen LogP) is 4.29. The van der Waals surface area contributed by atoms with Crippen LogP contribution in [0.1, 0.15) is 15.9 Å². The van der Waals surface area contributed by atoms with Crippen LogP contribution in [0.15, 0.2) is 36.4 Å². The number of carbonyl (C=O) groups excluding carboxylic acids is 1. The lowest BCUT2D eigenvalue weighted by Gasteiger charge is -2.10. The zero-order chi connectivity index (χ0) is 17.9. The Morgan fingerprint density at radius 1 is 1.29 bits per heavy atom. The fourth-order valence-corrected chi connectivity index (χ4v) is 2.71. The Morgan fingerprint density at radius 2 is 2.00 bits per heavy atom. The molecule has 0 radical (unpaired) electrons. The van der Waals surface area contributed by atoms with Gasteiger partial charge in [-0.1, -0.05) is 17.7 Å². The summed E-state index contributed by atoms with van der Waals surface area (Å²) in [7, 11) is 0. The molecule has 2 aromatic rings. The molecule has 0 fully saturated rings. The van der Waals surface area contributed by atoms with Gasteiger partial charge in [-0.2, -0.15) is 0 Å². The maximum absolute atomic E-state index is 12.2. The van der Waals surface area contributed by atoms with Gasteiger partial charge in [-0.15, -0.1) is 0 Å². The molecule has 0 aromatic heterocycles. The standard InChI is InChI=1S/C15H11ClIN3O3S/c1-8-2-3-9(6-11(8)17)14(21)19-15(24)18-12-5-4-10(16)7-13(12)20(22)23/h2-7H,1H3,(H2,18,19,21,24). The van der Waals surface area contributed by atoms with E-state index in [1.807, 2.05) is 13.0 Å². The number of hydrogen-bond acceptors (Lipinski definition) is 4. The van der Waals surface area contributed by atoms with Crippen molar-refractivity contribution in [3.05, 3.63) is 66.2 Å². The molecule has 2 aromatic carbocycles. The molecule has 0 aliphatic heterocycles. The molecule has 0 aliphatic carbocycles. The average molecular weight is 476 g/mol. The highest BCUT2D eigenvalue weighted by atomic mass is 127. The molecule has 0 heterocycles. The number of nitrogens with one attached hydrogen (secondary N) is 2. The van der Waals surface area contributed by atoms with Crippen molar-refractivity contribution in [3.63, 3.8) is 0 Å². The first-order chi connectivity index (χ1) is 11.3. The molecule has 24 heavy (non-hydrogen) atoms. The first-order valence-electron chi connectivity index (χ1n) is 6.60. The molecule has 0 bridgehead atoms. The summed E-state index contributed by atoms with van der Waals surface area (Å²) in [5.74, 6) is -0.401. The lowest BCUT2D eigenvalue weighted by atomic mass is 10.1. The SMILES string of the molecule is Cc1ccc(C(=O)NC(=S)Nc2ccc(Cl)cc2[N+](=O)[O-])cc1I. The molecule has 124 valence electrons. The molecule has 0 spiro atoms. The van der Waals surface area contributed by atoms with Crippen molar-refractivity contribution in [1.29, 1.82) is 0 Å². The van der Waals surface area contributed by atoms with E-state index in [-0.39, 0.29) is 21.5 Å². The molecule has 0 atom stereocenters. The Hall–Kier alpha value is -1.78. The first-order valence-corrected chi connectivity index (χ1v) is 8.47. The summed E-state index contributed by atoms with van der Waals surface area (Å²) < 4.78 is 0.951. The van der Waals surface area contributed by atoms with Gasteiger partial charge in [0.05, 0.1) is 4.92 Å². The van der Waals surface area contributed by atoms with Crippen LogP contribution in [-0.4, -0.2) is 15.9 Å². The van der Waals surface area contributed by atoms with Gasteiger partial charge < -0.3 is 5.32 Å². The van der Waals surface area contributed by atoms with Gasteiger partial charge in [-0.25, -0.2) is 0 Å². The zero-order valence-corrected chi connectivity index (χ0v) is 16.0. The lowest BCUT2D eigenvalue weighted by Crippen LogP contribution is -2.34. The van der Waals surface area contributed by atoms with Gasteiger partial charge in [0.1, 0.15) is 5.69 Å². The van der Waals surface area contributed by atoms with E-state index < -0.39 is 10.8 Å². The number of benzene rings is 2. The normalized spacial score (nSPS) is 10.1. The second-order valence-electron chi connectivity index (χ2n) is 4.79. The lowest BCUT2D eigenvalue weighted by molar-refractivity contribution is -0.383. The third-order valence-corrected chi connectivity index (χ3v) is 4.67. The van der Waals surface area contributed by atoms with E-state index >= 15 is 0 Å². The zero-order valence-electron chi connectivity index (χ0n) is 12.3. The third-order valence-electron chi connectivity index (χ3n) is 3.07. The monoisotopic (exact) mass is 475 g/mol. The summed E-state index contributed by atoms with van der Waals surface area (Å²) in [5.41, 5.74) is 1.42. The minimum atomic E-state index is -0.582. The number of thiocarbonyl (C=S) groups is 1. The van der Waals surface area contributed by atoms with Gasteiger partial charge >= 0.3 is 0 Å². The van der Waals surface area contributed by atoms with Crippen LogP contribution in [0.2, 0.25) is 5.02 Å². The Labute approximate surface area is 161 Å². The predicted molar refractivity (Wildman–Crippen MR) is 106 cm³/mol. The first kappa shape index (κ1) is 18.6. The van der Waals surface area contributed by atoms with E-state index in [0.29, 0.717) is 5.56 Å². The van der Waals surface area contributed by atoms with E-state index in [2.05, 4.69) is 33.2 Å². The molecule has 2 N–H and O–H groups in total. The number of amides is 1. The van der Waals surface area contributed by atoms with E-state index in [1.54, 1.807) is 12.1 Å². The number of halogens is 2. The molecule has 0 saturated heterocycles. The highest BCUT2D eigenvalue weighted by Gasteiger charge is 2.16. The molecule has 0 aliphatic rings. The quantitative estimate of drug-likeness (QED) is 0.299. The van der Waals surface area contributed by atoms with Crippen LogP contribution in [0.25, 0.3) is 0 Å². The minimum Gasteiger partial charge on any atom is -0.327 e. The fourth-order valence-electron chi connectivity index (χ4n) is 1.82. The van der Waals surface area contributed by atoms with E-state index in [1.165, 1.54) is 18.2 Å². The van der Waals surface area contributed by atoms with E-state index in [4.69, 9.17) is 23.8 Å². The maximum atomic E-state index is 12.2. The van der Waals surface area contributed by atoms with Crippen molar-refractivity contribution in [2.24, 2.45) is 0 Å². The average Bonchev–Trinajstić information content (AvgIpc) is 2.51. The number of anilines is 1. The molecule has 2 rings (SSSR count). The Morgan fingerprint density at radius 3 is 2.62 bits per heavy atom. The van der Waals surface area contributed by atoms with Crippen molar-refractivity contribution in [2.45, 2.75) is 6.92 Å².